The first kappa shape index (κ1) is 11.0. The van der Waals surface area contributed by atoms with E-state index in [0.29, 0.717) is 0 Å². The Hall–Kier alpha value is -0.980. The Labute approximate surface area is 68.1 Å². The molecule has 0 spiro atoms. The van der Waals surface area contributed by atoms with Gasteiger partial charge in [-0.2, -0.15) is 0 Å². The van der Waals surface area contributed by atoms with E-state index in [2.05, 4.69) is 0 Å². The summed E-state index contributed by atoms with van der Waals surface area (Å²) in [4.78, 5) is 19.9. The highest BCUT2D eigenvalue weighted by Crippen LogP contribution is 2.01. The minimum absolute atomic E-state index is 0.0687. The third kappa shape index (κ3) is 3.42. The van der Waals surface area contributed by atoms with E-state index >= 15 is 0 Å². The number of aldehydes is 1. The molecule has 0 aliphatic carbocycles. The molecule has 0 saturated carbocycles. The quantitative estimate of drug-likeness (QED) is 0.353. The highest BCUT2D eigenvalue weighted by Gasteiger charge is 2.23. The molecule has 70 valence electrons. The molecule has 0 fully saturated rings. The lowest BCUT2D eigenvalue weighted by molar-refractivity contribution is -0.149. The Morgan fingerprint density at radius 3 is 2.17 bits per heavy atom. The van der Waals surface area contributed by atoms with E-state index in [1.165, 1.54) is 0 Å². The molecule has 6 nitrogen and oxygen atoms in total. The lowest BCUT2D eigenvalue weighted by Gasteiger charge is -2.13. The van der Waals surface area contributed by atoms with Crippen molar-refractivity contribution < 1.29 is 30.0 Å². The van der Waals surface area contributed by atoms with Crippen LogP contribution in [-0.2, 0) is 9.59 Å². The number of rotatable bonds is 5. The van der Waals surface area contributed by atoms with Crippen LogP contribution in [0.2, 0.25) is 0 Å². The first-order valence-electron chi connectivity index (χ1n) is 3.21. The second kappa shape index (κ2) is 4.81. The van der Waals surface area contributed by atoms with Gasteiger partial charge in [-0.25, -0.2) is 4.79 Å². The summed E-state index contributed by atoms with van der Waals surface area (Å²) in [5, 5.41) is 34.3. The van der Waals surface area contributed by atoms with Gasteiger partial charge in [0.1, 0.15) is 6.10 Å². The van der Waals surface area contributed by atoms with Crippen LogP contribution in [0.4, 0.5) is 0 Å². The number of aliphatic carboxylic acids is 1. The summed E-state index contributed by atoms with van der Waals surface area (Å²) < 4.78 is 0. The van der Waals surface area contributed by atoms with Crippen LogP contribution in [0.25, 0.3) is 0 Å². The van der Waals surface area contributed by atoms with Crippen LogP contribution in [0.3, 0.4) is 0 Å². The van der Waals surface area contributed by atoms with Crippen LogP contribution in [-0.4, -0.2) is 51.0 Å². The Kier molecular flexibility index (Phi) is 4.42. The summed E-state index contributed by atoms with van der Waals surface area (Å²) >= 11 is 0. The molecule has 0 unspecified atom stereocenters. The third-order valence-corrected chi connectivity index (χ3v) is 1.28. The molecule has 12 heavy (non-hydrogen) atoms. The fraction of sp³-hybridized carbons (Fsp3) is 0.667. The fourth-order valence-corrected chi connectivity index (χ4v) is 0.560. The SMILES string of the molecule is O=C[C@H](O)[C@@H](O)C[C@H](O)C(=O)O. The number of carboxylic acids is 1. The predicted octanol–water partition coefficient (Wildman–Crippen LogP) is -2.26. The Morgan fingerprint density at radius 1 is 1.33 bits per heavy atom. The zero-order chi connectivity index (χ0) is 9.72. The van der Waals surface area contributed by atoms with Crippen LogP contribution >= 0.6 is 0 Å². The van der Waals surface area contributed by atoms with Crippen molar-refractivity contribution in [2.75, 3.05) is 0 Å². The monoisotopic (exact) mass is 178 g/mol. The van der Waals surface area contributed by atoms with Crippen LogP contribution in [0.5, 0.6) is 0 Å². The van der Waals surface area contributed by atoms with Crippen molar-refractivity contribution in [2.24, 2.45) is 0 Å². The van der Waals surface area contributed by atoms with Crippen molar-refractivity contribution in [1.29, 1.82) is 0 Å². The summed E-state index contributed by atoms with van der Waals surface area (Å²) in [6, 6.07) is 0. The average molecular weight is 178 g/mol. The van der Waals surface area contributed by atoms with Crippen molar-refractivity contribution in [3.63, 3.8) is 0 Å². The van der Waals surface area contributed by atoms with E-state index in [1.54, 1.807) is 0 Å². The van der Waals surface area contributed by atoms with Crippen molar-refractivity contribution >= 4 is 12.3 Å². The lowest BCUT2D eigenvalue weighted by atomic mass is 10.1. The van der Waals surface area contributed by atoms with E-state index in [9.17, 15) is 9.59 Å². The van der Waals surface area contributed by atoms with Crippen molar-refractivity contribution in [3.05, 3.63) is 0 Å². The van der Waals surface area contributed by atoms with E-state index < -0.39 is 30.7 Å². The standard InChI is InChI=1S/C6H10O6/c7-2-5(10)3(8)1-4(9)6(11)12/h2-5,8-10H,1H2,(H,11,12)/t3-,4-,5-/m0/s1. The molecule has 0 aliphatic heterocycles. The summed E-state index contributed by atoms with van der Waals surface area (Å²) in [6.07, 6.45) is -5.48. The highest BCUT2D eigenvalue weighted by molar-refractivity contribution is 5.72. The van der Waals surface area contributed by atoms with Gasteiger partial charge >= 0.3 is 5.97 Å². The van der Waals surface area contributed by atoms with E-state index in [4.69, 9.17) is 20.4 Å². The molecular formula is C6H10O6. The van der Waals surface area contributed by atoms with Crippen LogP contribution in [0.1, 0.15) is 6.42 Å². The number of carbonyl (C=O) groups excluding carboxylic acids is 1. The summed E-state index contributed by atoms with van der Waals surface area (Å²) in [5.74, 6) is -1.51. The number of aliphatic hydroxyl groups excluding tert-OH is 3. The minimum Gasteiger partial charge on any atom is -0.479 e. The second-order valence-electron chi connectivity index (χ2n) is 2.28. The molecule has 3 atom stereocenters. The van der Waals surface area contributed by atoms with Gasteiger partial charge in [0, 0.05) is 6.42 Å². The molecule has 6 heteroatoms. The Bertz CT molecular complexity index is 167. The van der Waals surface area contributed by atoms with Gasteiger partial charge in [-0.1, -0.05) is 0 Å². The van der Waals surface area contributed by atoms with Gasteiger partial charge < -0.3 is 25.2 Å². The highest BCUT2D eigenvalue weighted by atomic mass is 16.4. The fourth-order valence-electron chi connectivity index (χ4n) is 0.560. The normalized spacial score (nSPS) is 17.9. The first-order chi connectivity index (χ1) is 5.49. The average Bonchev–Trinajstić information content (AvgIpc) is 2.02. The molecule has 0 aromatic rings. The summed E-state index contributed by atoms with van der Waals surface area (Å²) in [7, 11) is 0. The first-order valence-corrected chi connectivity index (χ1v) is 3.21. The molecule has 0 aliphatic rings. The Morgan fingerprint density at radius 2 is 1.83 bits per heavy atom. The summed E-state index contributed by atoms with van der Waals surface area (Å²) in [5.41, 5.74) is 0. The maximum Gasteiger partial charge on any atom is 0.332 e. The maximum atomic E-state index is 10.0. The van der Waals surface area contributed by atoms with Gasteiger partial charge in [0.15, 0.2) is 12.4 Å². The van der Waals surface area contributed by atoms with E-state index in [-0.39, 0.29) is 6.29 Å². The number of carboxylic acid groups (broad SMARTS) is 1. The van der Waals surface area contributed by atoms with Crippen LogP contribution < -0.4 is 0 Å². The summed E-state index contributed by atoms with van der Waals surface area (Å²) in [6.45, 7) is 0. The third-order valence-electron chi connectivity index (χ3n) is 1.28. The molecule has 0 saturated heterocycles. The maximum absolute atomic E-state index is 10.0. The molecule has 0 radical (unpaired) electrons. The van der Waals surface area contributed by atoms with Gasteiger partial charge in [0.25, 0.3) is 0 Å². The molecule has 0 aromatic carbocycles. The van der Waals surface area contributed by atoms with Gasteiger partial charge in [0.2, 0.25) is 0 Å². The number of aliphatic hydroxyl groups is 3. The smallest absolute Gasteiger partial charge is 0.332 e. The van der Waals surface area contributed by atoms with E-state index in [1.807, 2.05) is 0 Å². The van der Waals surface area contributed by atoms with Gasteiger partial charge in [0.05, 0.1) is 6.10 Å². The van der Waals surface area contributed by atoms with Gasteiger partial charge in [-0.15, -0.1) is 0 Å². The topological polar surface area (TPSA) is 115 Å². The lowest BCUT2D eigenvalue weighted by Crippen LogP contribution is -2.34. The molecule has 0 heterocycles. The van der Waals surface area contributed by atoms with Crippen molar-refractivity contribution in [2.45, 2.75) is 24.7 Å². The predicted molar refractivity (Wildman–Crippen MR) is 36.3 cm³/mol. The zero-order valence-corrected chi connectivity index (χ0v) is 6.12. The van der Waals surface area contributed by atoms with Gasteiger partial charge in [-0.05, 0) is 0 Å². The molecule has 4 N–H and O–H groups in total. The van der Waals surface area contributed by atoms with Crippen molar-refractivity contribution in [3.8, 4) is 0 Å². The molecular weight excluding hydrogens is 168 g/mol. The van der Waals surface area contributed by atoms with Crippen molar-refractivity contribution in [1.82, 2.24) is 0 Å². The Balaban J connectivity index is 3.90. The molecule has 0 aromatic heterocycles. The molecule has 0 bridgehead atoms. The largest absolute Gasteiger partial charge is 0.479 e. The van der Waals surface area contributed by atoms with E-state index in [0.717, 1.165) is 0 Å². The second-order valence-corrected chi connectivity index (χ2v) is 2.28. The number of hydrogen-bond acceptors (Lipinski definition) is 5. The zero-order valence-electron chi connectivity index (χ0n) is 6.12. The minimum atomic E-state index is -1.77. The number of carbonyl (C=O) groups is 2. The molecule has 0 amide bonds. The number of hydrogen-bond donors (Lipinski definition) is 4. The van der Waals surface area contributed by atoms with Crippen LogP contribution in [0.15, 0.2) is 0 Å². The molecule has 0 rings (SSSR count). The van der Waals surface area contributed by atoms with Crippen LogP contribution in [0, 0.1) is 0 Å². The van der Waals surface area contributed by atoms with Gasteiger partial charge in [-0.3, -0.25) is 0 Å².